The van der Waals surface area contributed by atoms with Gasteiger partial charge in [0.15, 0.2) is 0 Å². The van der Waals surface area contributed by atoms with Crippen molar-refractivity contribution in [3.63, 3.8) is 0 Å². The van der Waals surface area contributed by atoms with Crippen LogP contribution < -0.4 is 10.1 Å². The van der Waals surface area contributed by atoms with E-state index in [-0.39, 0.29) is 18.8 Å². The molecule has 0 heterocycles. The fraction of sp³-hybridized carbons (Fsp3) is 0.538. The average Bonchev–Trinajstić information content (AvgIpc) is 2.34. The van der Waals surface area contributed by atoms with Gasteiger partial charge in [-0.2, -0.15) is 13.2 Å². The van der Waals surface area contributed by atoms with Crippen LogP contribution in [0.1, 0.15) is 19.3 Å². The van der Waals surface area contributed by atoms with Crippen LogP contribution in [0.5, 0.6) is 5.75 Å². The number of halogens is 6. The SMILES string of the molecule is CNCCC(CCC(F)(F)F)Oc1ccc(Cl)cc1Cl.Cl. The van der Waals surface area contributed by atoms with Crippen LogP contribution in [-0.4, -0.2) is 25.9 Å². The normalized spacial score (nSPS) is 12.7. The molecule has 0 fully saturated rings. The third kappa shape index (κ3) is 8.61. The van der Waals surface area contributed by atoms with Gasteiger partial charge in [0.2, 0.25) is 0 Å². The minimum atomic E-state index is -4.19. The molecule has 0 aliphatic rings. The summed E-state index contributed by atoms with van der Waals surface area (Å²) < 4.78 is 42.5. The van der Waals surface area contributed by atoms with Crippen molar-refractivity contribution in [2.75, 3.05) is 13.6 Å². The Morgan fingerprint density at radius 1 is 1.24 bits per heavy atom. The average molecular weight is 367 g/mol. The summed E-state index contributed by atoms with van der Waals surface area (Å²) in [5, 5.41) is 3.63. The van der Waals surface area contributed by atoms with Crippen molar-refractivity contribution >= 4 is 35.6 Å². The predicted molar refractivity (Wildman–Crippen MR) is 82.0 cm³/mol. The van der Waals surface area contributed by atoms with E-state index in [0.717, 1.165) is 0 Å². The summed E-state index contributed by atoms with van der Waals surface area (Å²) in [6.45, 7) is 0.563. The van der Waals surface area contributed by atoms with Gasteiger partial charge in [-0.15, -0.1) is 12.4 Å². The lowest BCUT2D eigenvalue weighted by molar-refractivity contribution is -0.139. The Labute approximate surface area is 138 Å². The Kier molecular flexibility index (Phi) is 9.45. The minimum Gasteiger partial charge on any atom is -0.489 e. The molecule has 21 heavy (non-hydrogen) atoms. The van der Waals surface area contributed by atoms with Gasteiger partial charge in [0.1, 0.15) is 11.9 Å². The van der Waals surface area contributed by atoms with E-state index in [1.165, 1.54) is 6.07 Å². The highest BCUT2D eigenvalue weighted by molar-refractivity contribution is 6.35. The predicted octanol–water partition coefficient (Wildman–Crippen LogP) is 5.11. The zero-order valence-electron chi connectivity index (χ0n) is 11.3. The summed E-state index contributed by atoms with van der Waals surface area (Å²) in [5.41, 5.74) is 0. The zero-order chi connectivity index (χ0) is 15.2. The van der Waals surface area contributed by atoms with Crippen LogP contribution in [-0.2, 0) is 0 Å². The van der Waals surface area contributed by atoms with Gasteiger partial charge in [0.05, 0.1) is 5.02 Å². The maximum absolute atomic E-state index is 12.3. The van der Waals surface area contributed by atoms with Gasteiger partial charge >= 0.3 is 6.18 Å². The van der Waals surface area contributed by atoms with E-state index >= 15 is 0 Å². The molecule has 0 radical (unpaired) electrons. The standard InChI is InChI=1S/C13H16Cl2F3NO.ClH/c1-19-7-5-10(4-6-13(16,17)18)20-12-3-2-9(14)8-11(12)15;/h2-3,8,10,19H,4-7H2,1H3;1H. The van der Waals surface area contributed by atoms with Crippen molar-refractivity contribution in [3.05, 3.63) is 28.2 Å². The van der Waals surface area contributed by atoms with Gasteiger partial charge in [-0.25, -0.2) is 0 Å². The molecule has 0 amide bonds. The van der Waals surface area contributed by atoms with E-state index in [0.29, 0.717) is 28.8 Å². The Hall–Kier alpha value is -0.360. The first-order valence-electron chi connectivity index (χ1n) is 6.15. The highest BCUT2D eigenvalue weighted by atomic mass is 35.5. The molecule has 0 bridgehead atoms. The third-order valence-corrected chi connectivity index (χ3v) is 3.18. The van der Waals surface area contributed by atoms with Gasteiger partial charge in [-0.05, 0) is 44.6 Å². The summed E-state index contributed by atoms with van der Waals surface area (Å²) >= 11 is 11.7. The fourth-order valence-electron chi connectivity index (χ4n) is 1.64. The molecule has 1 atom stereocenters. The fourth-order valence-corrected chi connectivity index (χ4v) is 2.10. The Bertz CT molecular complexity index is 430. The van der Waals surface area contributed by atoms with Crippen molar-refractivity contribution < 1.29 is 17.9 Å². The lowest BCUT2D eigenvalue weighted by Crippen LogP contribution is -2.24. The summed E-state index contributed by atoms with van der Waals surface area (Å²) in [5.74, 6) is 0.347. The number of nitrogens with one attached hydrogen (secondary N) is 1. The lowest BCUT2D eigenvalue weighted by Gasteiger charge is -2.20. The van der Waals surface area contributed by atoms with Crippen LogP contribution in [0.3, 0.4) is 0 Å². The molecule has 0 saturated heterocycles. The minimum absolute atomic E-state index is 0. The molecule has 0 saturated carbocycles. The van der Waals surface area contributed by atoms with E-state index < -0.39 is 18.7 Å². The van der Waals surface area contributed by atoms with Gasteiger partial charge in [0, 0.05) is 11.4 Å². The summed E-state index contributed by atoms with van der Waals surface area (Å²) in [6.07, 6.45) is -5.27. The molecule has 1 rings (SSSR count). The van der Waals surface area contributed by atoms with Gasteiger partial charge in [0.25, 0.3) is 0 Å². The molecule has 0 aliphatic heterocycles. The number of alkyl halides is 3. The number of hydrogen-bond acceptors (Lipinski definition) is 2. The second-order valence-electron chi connectivity index (χ2n) is 4.36. The number of hydrogen-bond donors (Lipinski definition) is 1. The second kappa shape index (κ2) is 9.62. The smallest absolute Gasteiger partial charge is 0.389 e. The van der Waals surface area contributed by atoms with Crippen LogP contribution in [0.2, 0.25) is 10.0 Å². The molecule has 1 aromatic carbocycles. The van der Waals surface area contributed by atoms with Crippen LogP contribution in [0.4, 0.5) is 13.2 Å². The summed E-state index contributed by atoms with van der Waals surface area (Å²) in [6, 6.07) is 4.64. The zero-order valence-corrected chi connectivity index (χ0v) is 13.7. The van der Waals surface area contributed by atoms with E-state index in [2.05, 4.69) is 5.32 Å². The van der Waals surface area contributed by atoms with E-state index in [1.807, 2.05) is 0 Å². The summed E-state index contributed by atoms with van der Waals surface area (Å²) in [4.78, 5) is 0. The maximum Gasteiger partial charge on any atom is 0.389 e. The molecule has 122 valence electrons. The van der Waals surface area contributed by atoms with Crippen molar-refractivity contribution in [1.82, 2.24) is 5.32 Å². The number of benzene rings is 1. The molecule has 1 aromatic rings. The monoisotopic (exact) mass is 365 g/mol. The third-order valence-electron chi connectivity index (χ3n) is 2.65. The van der Waals surface area contributed by atoms with Gasteiger partial charge in [-0.3, -0.25) is 0 Å². The lowest BCUT2D eigenvalue weighted by atomic mass is 10.1. The first-order valence-corrected chi connectivity index (χ1v) is 6.90. The second-order valence-corrected chi connectivity index (χ2v) is 5.20. The molecule has 1 N–H and O–H groups in total. The molecular formula is C13H17Cl3F3NO. The molecule has 8 heteroatoms. The maximum atomic E-state index is 12.3. The van der Waals surface area contributed by atoms with E-state index in [1.54, 1.807) is 19.2 Å². The van der Waals surface area contributed by atoms with Crippen LogP contribution in [0.25, 0.3) is 0 Å². The molecule has 0 spiro atoms. The van der Waals surface area contributed by atoms with E-state index in [4.69, 9.17) is 27.9 Å². The quantitative estimate of drug-likeness (QED) is 0.723. The van der Waals surface area contributed by atoms with Crippen LogP contribution >= 0.6 is 35.6 Å². The molecule has 1 unspecified atom stereocenters. The van der Waals surface area contributed by atoms with Crippen molar-refractivity contribution in [1.29, 1.82) is 0 Å². The first-order chi connectivity index (χ1) is 9.31. The first kappa shape index (κ1) is 20.6. The van der Waals surface area contributed by atoms with Crippen LogP contribution in [0.15, 0.2) is 18.2 Å². The highest BCUT2D eigenvalue weighted by Crippen LogP contribution is 2.30. The summed E-state index contributed by atoms with van der Waals surface area (Å²) in [7, 11) is 1.73. The van der Waals surface area contributed by atoms with Crippen molar-refractivity contribution in [3.8, 4) is 5.75 Å². The Morgan fingerprint density at radius 2 is 1.90 bits per heavy atom. The van der Waals surface area contributed by atoms with E-state index in [9.17, 15) is 13.2 Å². The topological polar surface area (TPSA) is 21.3 Å². The molecule has 2 nitrogen and oxygen atoms in total. The number of rotatable bonds is 7. The van der Waals surface area contributed by atoms with Gasteiger partial charge < -0.3 is 10.1 Å². The molecule has 0 aliphatic carbocycles. The highest BCUT2D eigenvalue weighted by Gasteiger charge is 2.29. The van der Waals surface area contributed by atoms with Crippen molar-refractivity contribution in [2.45, 2.75) is 31.5 Å². The van der Waals surface area contributed by atoms with Crippen molar-refractivity contribution in [2.24, 2.45) is 0 Å². The number of ether oxygens (including phenoxy) is 1. The van der Waals surface area contributed by atoms with Gasteiger partial charge in [-0.1, -0.05) is 23.2 Å². The Morgan fingerprint density at radius 3 is 2.43 bits per heavy atom. The Balaban J connectivity index is 0.00000400. The largest absolute Gasteiger partial charge is 0.489 e. The van der Waals surface area contributed by atoms with Crippen LogP contribution in [0, 0.1) is 0 Å². The molecule has 0 aromatic heterocycles. The molecular weight excluding hydrogens is 350 g/mol.